The number of urea groups is 1. The van der Waals surface area contributed by atoms with Gasteiger partial charge in [-0.15, -0.1) is 0 Å². The molecule has 86 heavy (non-hydrogen) atoms. The Balaban J connectivity index is 0.851. The molecule has 3 aliphatic heterocycles. The molecular formula is C66H82N6O14. The number of rotatable bonds is 29. The largest absolute Gasteiger partial charge is 0.493 e. The number of primary amides is 1. The molecule has 20 heteroatoms. The molecule has 3 aromatic carbocycles. The van der Waals surface area contributed by atoms with Crippen molar-refractivity contribution in [1.29, 1.82) is 0 Å². The minimum Gasteiger partial charge on any atom is -0.493 e. The van der Waals surface area contributed by atoms with Gasteiger partial charge in [-0.2, -0.15) is 0 Å². The molecule has 3 heterocycles. The zero-order valence-electron chi connectivity index (χ0n) is 50.0. The van der Waals surface area contributed by atoms with E-state index >= 15 is 0 Å². The molecule has 3 aromatic rings. The van der Waals surface area contributed by atoms with Gasteiger partial charge in [-0.25, -0.2) is 14.5 Å². The Kier molecular flexibility index (Phi) is 21.8. The number of methoxy groups -OCH3 is 1. The maximum absolute atomic E-state index is 14.3. The highest BCUT2D eigenvalue weighted by atomic mass is 16.6. The zero-order chi connectivity index (χ0) is 61.8. The van der Waals surface area contributed by atoms with Gasteiger partial charge in [-0.05, 0) is 136 Å². The van der Waals surface area contributed by atoms with Gasteiger partial charge in [0.05, 0.1) is 43.7 Å². The summed E-state index contributed by atoms with van der Waals surface area (Å²) < 4.78 is 24.0. The summed E-state index contributed by atoms with van der Waals surface area (Å²) in [5.74, 6) is -0.867. The molecule has 1 unspecified atom stereocenters. The fourth-order valence-electron chi connectivity index (χ4n) is 12.3. The molecule has 2 aliphatic carbocycles. The number of unbranched alkanes of at least 4 members (excludes halogenated alkanes) is 4. The van der Waals surface area contributed by atoms with Crippen LogP contribution in [0, 0.1) is 30.6 Å². The molecule has 1 saturated heterocycles. The number of allylic oxidation sites excluding steroid dienone is 1. The van der Waals surface area contributed by atoms with E-state index in [-0.39, 0.29) is 117 Å². The molecule has 20 nitrogen and oxygen atoms in total. The van der Waals surface area contributed by atoms with E-state index in [0.29, 0.717) is 97.2 Å². The van der Waals surface area contributed by atoms with Crippen LogP contribution in [0.25, 0.3) is 0 Å². The van der Waals surface area contributed by atoms with E-state index in [1.807, 2.05) is 32.9 Å². The number of aryl methyl sites for hydroxylation is 2. The standard InChI is InChI=1S/C66H82N6O14/c1-39(2)48(34-47(73)14-9-7-10-25-70-59(75)22-23-60(70)76)62(78)69-52(15-13-24-68-65(67)81)55(74)32-43-16-18-44(19-17-43)38-86-66(82)72-53-36-56(42(5)31-51(53)63(79)71-37-41(4)30-54(71)64(72)80)84-26-11-8-12-27-85-58-33-46-21-20-45-28-40(3)29-49(45)61(77)50(46)35-57(58)83-6/h16-19,22-23,31,33,35-36,39,45,48-49,52,54,64,80H,3-4,7-15,20-21,24-30,32,34,37-38H2,1-2,5-6H3,(H,69,78)(H3,67,68,81)/t45-,48+,49?,52+,54+,64+/m1/s1. The van der Waals surface area contributed by atoms with Gasteiger partial charge in [0.2, 0.25) is 5.91 Å². The first-order valence-corrected chi connectivity index (χ1v) is 30.1. The SMILES string of the molecule is C=C1CC2C(=O)c3cc(OC)c(OCCCCCOc4cc5c(cc4C)C(=O)N4CC(=C)C[C@H]4[C@H](O)N5C(=O)OCc4ccc(CC(=O)[C@H](CCCNC(N)=O)NC(=O)[C@@H](CC(=O)CCCCCN5C(=O)C=CC5=O)C(C)C)cc4)cc3CC[C@@H]2C1. The number of amides is 7. The highest BCUT2D eigenvalue weighted by Crippen LogP contribution is 2.45. The number of imide groups is 1. The molecule has 6 atom stereocenters. The van der Waals surface area contributed by atoms with Crippen LogP contribution in [0.5, 0.6) is 17.2 Å². The number of hydrogen-bond donors (Lipinski definition) is 4. The first kappa shape index (κ1) is 63.9. The summed E-state index contributed by atoms with van der Waals surface area (Å²) in [5, 5.41) is 17.4. The Bertz CT molecular complexity index is 3120. The number of aliphatic hydroxyl groups excluding tert-OH is 1. The summed E-state index contributed by atoms with van der Waals surface area (Å²) in [6.45, 7) is 14.9. The number of benzene rings is 3. The van der Waals surface area contributed by atoms with Gasteiger partial charge in [0.1, 0.15) is 18.1 Å². The number of fused-ring (bicyclic) bond motifs is 4. The lowest BCUT2D eigenvalue weighted by Crippen LogP contribution is -2.50. The average Bonchev–Trinajstić information content (AvgIpc) is 2.15. The van der Waals surface area contributed by atoms with Gasteiger partial charge in [0, 0.05) is 74.5 Å². The highest BCUT2D eigenvalue weighted by molar-refractivity contribution is 6.13. The summed E-state index contributed by atoms with van der Waals surface area (Å²) in [7, 11) is 1.58. The predicted molar refractivity (Wildman–Crippen MR) is 320 cm³/mol. The van der Waals surface area contributed by atoms with Gasteiger partial charge >= 0.3 is 12.1 Å². The molecule has 460 valence electrons. The molecule has 5 aliphatic rings. The monoisotopic (exact) mass is 1180 g/mol. The summed E-state index contributed by atoms with van der Waals surface area (Å²) in [4.78, 5) is 122. The molecule has 1 saturated carbocycles. The van der Waals surface area contributed by atoms with Crippen molar-refractivity contribution in [3.05, 3.63) is 118 Å². The van der Waals surface area contributed by atoms with Crippen LogP contribution < -0.4 is 35.5 Å². The van der Waals surface area contributed by atoms with E-state index in [9.17, 15) is 48.3 Å². The van der Waals surface area contributed by atoms with Crippen molar-refractivity contribution in [1.82, 2.24) is 20.4 Å². The van der Waals surface area contributed by atoms with Crippen molar-refractivity contribution in [2.45, 2.75) is 148 Å². The average molecular weight is 1180 g/mol. The van der Waals surface area contributed by atoms with Crippen LogP contribution >= 0.6 is 0 Å². The van der Waals surface area contributed by atoms with E-state index in [1.165, 1.54) is 17.1 Å². The molecule has 7 amide bonds. The minimum absolute atomic E-state index is 0.0239. The zero-order valence-corrected chi connectivity index (χ0v) is 50.0. The highest BCUT2D eigenvalue weighted by Gasteiger charge is 2.46. The first-order chi connectivity index (χ1) is 41.2. The van der Waals surface area contributed by atoms with Gasteiger partial charge in [-0.1, -0.05) is 68.8 Å². The molecular weight excluding hydrogens is 1100 g/mol. The molecule has 0 aromatic heterocycles. The normalized spacial score (nSPS) is 19.5. The van der Waals surface area contributed by atoms with Crippen LogP contribution in [0.4, 0.5) is 15.3 Å². The number of anilines is 1. The van der Waals surface area contributed by atoms with Gasteiger partial charge in [-0.3, -0.25) is 38.5 Å². The first-order valence-electron chi connectivity index (χ1n) is 30.1. The quantitative estimate of drug-likeness (QED) is 0.0289. The second-order valence-electron chi connectivity index (χ2n) is 23.8. The van der Waals surface area contributed by atoms with Crippen LogP contribution in [0.2, 0.25) is 0 Å². The number of nitrogens with one attached hydrogen (secondary N) is 2. The fraction of sp³-hybridized carbons (Fsp3) is 0.500. The number of ketones is 3. The van der Waals surface area contributed by atoms with Crippen molar-refractivity contribution in [3.8, 4) is 17.2 Å². The van der Waals surface area contributed by atoms with E-state index in [2.05, 4.69) is 23.8 Å². The van der Waals surface area contributed by atoms with Crippen LogP contribution in [-0.4, -0.2) is 126 Å². The van der Waals surface area contributed by atoms with Crippen LogP contribution in [-0.2, 0) is 48.2 Å². The number of carbonyl (C=O) groups excluding carboxylic acids is 9. The van der Waals surface area contributed by atoms with Gasteiger partial charge < -0.3 is 45.3 Å². The van der Waals surface area contributed by atoms with E-state index in [4.69, 9.17) is 24.7 Å². The Morgan fingerprint density at radius 3 is 2.20 bits per heavy atom. The summed E-state index contributed by atoms with van der Waals surface area (Å²) in [6.07, 6.45) is 8.14. The Labute approximate surface area is 502 Å². The predicted octanol–water partition coefficient (Wildman–Crippen LogP) is 8.35. The third-order valence-electron chi connectivity index (χ3n) is 17.1. The van der Waals surface area contributed by atoms with E-state index in [1.54, 1.807) is 43.5 Å². The number of nitrogens with zero attached hydrogens (tertiary/aromatic N) is 3. The van der Waals surface area contributed by atoms with Crippen molar-refractivity contribution in [2.24, 2.45) is 29.4 Å². The van der Waals surface area contributed by atoms with Crippen LogP contribution in [0.15, 0.2) is 85.0 Å². The summed E-state index contributed by atoms with van der Waals surface area (Å²) in [5.41, 5.74) is 11.0. The second kappa shape index (κ2) is 29.3. The summed E-state index contributed by atoms with van der Waals surface area (Å²) in [6, 6.07) is 11.4. The molecule has 0 bridgehead atoms. The number of aliphatic hydroxyl groups is 1. The van der Waals surface area contributed by atoms with Crippen LogP contribution in [0.1, 0.15) is 147 Å². The maximum atomic E-state index is 14.3. The van der Waals surface area contributed by atoms with E-state index < -0.39 is 42.3 Å². The van der Waals surface area contributed by atoms with Crippen molar-refractivity contribution in [3.63, 3.8) is 0 Å². The molecule has 5 N–H and O–H groups in total. The van der Waals surface area contributed by atoms with Crippen LogP contribution in [0.3, 0.4) is 0 Å². The molecule has 0 radical (unpaired) electrons. The number of nitrogens with two attached hydrogens (primary N) is 1. The molecule has 0 spiro atoms. The van der Waals surface area contributed by atoms with Gasteiger partial charge in [0.25, 0.3) is 17.7 Å². The Hall–Kier alpha value is -8.13. The number of hydrogen-bond acceptors (Lipinski definition) is 14. The third kappa shape index (κ3) is 15.8. The lowest BCUT2D eigenvalue weighted by Gasteiger charge is -2.31. The summed E-state index contributed by atoms with van der Waals surface area (Å²) >= 11 is 0. The number of Topliss-reactive ketones (excluding diaryl/α,β-unsaturated/α-hetero) is 3. The fourth-order valence-corrected chi connectivity index (χ4v) is 12.3. The lowest BCUT2D eigenvalue weighted by atomic mass is 9.88. The van der Waals surface area contributed by atoms with Crippen molar-refractivity contribution < 1.29 is 67.2 Å². The number of ether oxygens (including phenoxy) is 4. The Morgan fingerprint density at radius 2 is 1.50 bits per heavy atom. The van der Waals surface area contributed by atoms with Crippen molar-refractivity contribution in [2.75, 3.05) is 44.9 Å². The lowest BCUT2D eigenvalue weighted by molar-refractivity contribution is -0.137. The smallest absolute Gasteiger partial charge is 0.416 e. The minimum atomic E-state index is -1.49. The van der Waals surface area contributed by atoms with Gasteiger partial charge in [0.15, 0.2) is 29.3 Å². The molecule has 8 rings (SSSR count). The maximum Gasteiger partial charge on any atom is 0.416 e. The van der Waals surface area contributed by atoms with E-state index in [0.717, 1.165) is 58.6 Å². The van der Waals surface area contributed by atoms with Crippen molar-refractivity contribution >= 4 is 58.8 Å². The molecule has 2 fully saturated rings. The third-order valence-corrected chi connectivity index (χ3v) is 17.1. The number of carbonyl (C=O) groups is 9. The Morgan fingerprint density at radius 1 is 0.802 bits per heavy atom. The second-order valence-corrected chi connectivity index (χ2v) is 23.8. The topological polar surface area (TPSA) is 271 Å².